The topological polar surface area (TPSA) is 29.5 Å². The lowest BCUT2D eigenvalue weighted by molar-refractivity contribution is -0.137. The molecule has 1 aliphatic heterocycles. The Kier molecular flexibility index (Phi) is 5.81. The van der Waals surface area contributed by atoms with Crippen LogP contribution in [-0.2, 0) is 9.53 Å². The van der Waals surface area contributed by atoms with Gasteiger partial charge in [-0.2, -0.15) is 0 Å². The van der Waals surface area contributed by atoms with E-state index in [0.717, 1.165) is 38.8 Å². The van der Waals surface area contributed by atoms with Gasteiger partial charge in [-0.15, -0.1) is 0 Å². The number of nitrogens with zero attached hydrogens (tertiary/aromatic N) is 1. The van der Waals surface area contributed by atoms with Crippen LogP contribution in [0, 0.1) is 5.92 Å². The van der Waals surface area contributed by atoms with Crippen molar-refractivity contribution < 1.29 is 9.53 Å². The van der Waals surface area contributed by atoms with Gasteiger partial charge in [0.05, 0.1) is 6.61 Å². The third-order valence-electron chi connectivity index (χ3n) is 3.38. The van der Waals surface area contributed by atoms with Crippen molar-refractivity contribution in [2.75, 3.05) is 19.8 Å². The maximum atomic E-state index is 12.2. The summed E-state index contributed by atoms with van der Waals surface area (Å²) in [5, 5.41) is 0. The van der Waals surface area contributed by atoms with Crippen molar-refractivity contribution in [3.05, 3.63) is 0 Å². The van der Waals surface area contributed by atoms with Gasteiger partial charge in [-0.05, 0) is 19.8 Å². The lowest BCUT2D eigenvalue weighted by atomic mass is 10.0. The highest BCUT2D eigenvalue weighted by Gasteiger charge is 2.25. The number of amides is 1. The number of rotatable bonds is 4. The van der Waals surface area contributed by atoms with E-state index < -0.39 is 0 Å². The van der Waals surface area contributed by atoms with Crippen LogP contribution < -0.4 is 0 Å². The molecule has 3 nitrogen and oxygen atoms in total. The van der Waals surface area contributed by atoms with Crippen LogP contribution in [0.2, 0.25) is 0 Å². The van der Waals surface area contributed by atoms with Gasteiger partial charge in [0.2, 0.25) is 5.91 Å². The summed E-state index contributed by atoms with van der Waals surface area (Å²) in [6.07, 6.45) is 4.29. The second-order valence-electron chi connectivity index (χ2n) is 4.82. The molecular weight excluding hydrogens is 202 g/mol. The Labute approximate surface area is 99.1 Å². The Bertz CT molecular complexity index is 218. The van der Waals surface area contributed by atoms with Crippen molar-refractivity contribution in [3.8, 4) is 0 Å². The first-order valence-corrected chi connectivity index (χ1v) is 6.55. The third kappa shape index (κ3) is 3.78. The molecule has 0 saturated carbocycles. The van der Waals surface area contributed by atoms with Gasteiger partial charge in [-0.3, -0.25) is 4.79 Å². The van der Waals surface area contributed by atoms with Crippen LogP contribution in [0.4, 0.5) is 0 Å². The summed E-state index contributed by atoms with van der Waals surface area (Å²) < 4.78 is 5.41. The largest absolute Gasteiger partial charge is 0.380 e. The molecule has 0 bridgehead atoms. The summed E-state index contributed by atoms with van der Waals surface area (Å²) in [6.45, 7) is 8.58. The molecule has 3 heteroatoms. The lowest BCUT2D eigenvalue weighted by Gasteiger charge is -2.29. The summed E-state index contributed by atoms with van der Waals surface area (Å²) in [5.41, 5.74) is 0. The Hall–Kier alpha value is -0.570. The summed E-state index contributed by atoms with van der Waals surface area (Å²) >= 11 is 0. The van der Waals surface area contributed by atoms with E-state index in [2.05, 4.69) is 20.8 Å². The fourth-order valence-electron chi connectivity index (χ4n) is 2.14. The van der Waals surface area contributed by atoms with Crippen molar-refractivity contribution >= 4 is 5.91 Å². The number of hydrogen-bond donors (Lipinski definition) is 0. The van der Waals surface area contributed by atoms with Crippen molar-refractivity contribution in [1.29, 1.82) is 0 Å². The quantitative estimate of drug-likeness (QED) is 0.738. The Morgan fingerprint density at radius 2 is 2.25 bits per heavy atom. The molecule has 1 heterocycles. The zero-order chi connectivity index (χ0) is 12.0. The fraction of sp³-hybridized carbons (Fsp3) is 0.923. The molecule has 16 heavy (non-hydrogen) atoms. The minimum atomic E-state index is 0.167. The lowest BCUT2D eigenvalue weighted by Crippen LogP contribution is -2.42. The first kappa shape index (κ1) is 13.5. The van der Waals surface area contributed by atoms with Gasteiger partial charge in [0.1, 0.15) is 0 Å². The van der Waals surface area contributed by atoms with E-state index in [1.54, 1.807) is 0 Å². The first-order valence-electron chi connectivity index (χ1n) is 6.55. The van der Waals surface area contributed by atoms with E-state index >= 15 is 0 Å². The zero-order valence-electron chi connectivity index (χ0n) is 10.9. The molecule has 0 aromatic rings. The molecule has 0 unspecified atom stereocenters. The van der Waals surface area contributed by atoms with Gasteiger partial charge in [0, 0.05) is 25.1 Å². The first-order chi connectivity index (χ1) is 7.66. The maximum Gasteiger partial charge on any atom is 0.225 e. The number of carbonyl (C=O) groups is 1. The Morgan fingerprint density at radius 3 is 2.94 bits per heavy atom. The van der Waals surface area contributed by atoms with Crippen molar-refractivity contribution in [2.24, 2.45) is 5.92 Å². The van der Waals surface area contributed by atoms with E-state index in [4.69, 9.17) is 4.74 Å². The van der Waals surface area contributed by atoms with E-state index in [0.29, 0.717) is 18.6 Å². The molecule has 0 aliphatic carbocycles. The molecule has 1 fully saturated rings. The fourth-order valence-corrected chi connectivity index (χ4v) is 2.14. The van der Waals surface area contributed by atoms with Gasteiger partial charge in [0.25, 0.3) is 0 Å². The average Bonchev–Trinajstić information content (AvgIpc) is 2.49. The van der Waals surface area contributed by atoms with Crippen LogP contribution in [0.3, 0.4) is 0 Å². The van der Waals surface area contributed by atoms with Crippen LogP contribution in [-0.4, -0.2) is 36.6 Å². The van der Waals surface area contributed by atoms with Gasteiger partial charge in [-0.25, -0.2) is 0 Å². The number of ether oxygens (including phenoxy) is 1. The predicted molar refractivity (Wildman–Crippen MR) is 65.3 cm³/mol. The summed E-state index contributed by atoms with van der Waals surface area (Å²) in [7, 11) is 0. The molecule has 1 amide bonds. The summed E-state index contributed by atoms with van der Waals surface area (Å²) in [4.78, 5) is 14.2. The van der Waals surface area contributed by atoms with E-state index in [1.165, 1.54) is 0 Å². The Morgan fingerprint density at radius 1 is 1.50 bits per heavy atom. The van der Waals surface area contributed by atoms with Crippen LogP contribution >= 0.6 is 0 Å². The van der Waals surface area contributed by atoms with Crippen LogP contribution in [0.5, 0.6) is 0 Å². The molecule has 0 aromatic heterocycles. The second-order valence-corrected chi connectivity index (χ2v) is 4.82. The highest BCUT2D eigenvalue weighted by atomic mass is 16.5. The average molecular weight is 227 g/mol. The SMILES string of the molecule is CCCC[C@@H](C)C(=O)N1CCOCC[C@@H]1C. The maximum absolute atomic E-state index is 12.2. The minimum absolute atomic E-state index is 0.167. The van der Waals surface area contributed by atoms with Gasteiger partial charge in [-0.1, -0.05) is 26.7 Å². The van der Waals surface area contributed by atoms with Gasteiger partial charge >= 0.3 is 0 Å². The third-order valence-corrected chi connectivity index (χ3v) is 3.38. The molecule has 1 saturated heterocycles. The summed E-state index contributed by atoms with van der Waals surface area (Å²) in [6, 6.07) is 0.332. The number of carbonyl (C=O) groups excluding carboxylic acids is 1. The molecule has 0 aromatic carbocycles. The standard InChI is InChI=1S/C13H25NO2/c1-4-5-6-11(2)13(15)14-8-10-16-9-7-12(14)3/h11-12H,4-10H2,1-3H3/t11-,12+/m1/s1. The van der Waals surface area contributed by atoms with E-state index in [1.807, 2.05) is 4.90 Å². The van der Waals surface area contributed by atoms with Crippen LogP contribution in [0.25, 0.3) is 0 Å². The molecule has 1 rings (SSSR count). The van der Waals surface area contributed by atoms with E-state index in [9.17, 15) is 4.79 Å². The molecule has 94 valence electrons. The molecule has 0 N–H and O–H groups in total. The molecule has 0 spiro atoms. The van der Waals surface area contributed by atoms with Crippen molar-refractivity contribution in [1.82, 2.24) is 4.90 Å². The van der Waals surface area contributed by atoms with Crippen molar-refractivity contribution in [2.45, 2.75) is 52.5 Å². The summed E-state index contributed by atoms with van der Waals surface area (Å²) in [5.74, 6) is 0.479. The smallest absolute Gasteiger partial charge is 0.225 e. The number of hydrogen-bond acceptors (Lipinski definition) is 2. The molecule has 1 aliphatic rings. The minimum Gasteiger partial charge on any atom is -0.380 e. The van der Waals surface area contributed by atoms with Gasteiger partial charge < -0.3 is 9.64 Å². The van der Waals surface area contributed by atoms with Crippen molar-refractivity contribution in [3.63, 3.8) is 0 Å². The predicted octanol–water partition coefficient (Wildman–Crippen LogP) is 2.45. The van der Waals surface area contributed by atoms with Gasteiger partial charge in [0.15, 0.2) is 0 Å². The zero-order valence-corrected chi connectivity index (χ0v) is 10.9. The van der Waals surface area contributed by atoms with E-state index in [-0.39, 0.29) is 5.92 Å². The monoisotopic (exact) mass is 227 g/mol. The molecule has 0 radical (unpaired) electrons. The number of unbranched alkanes of at least 4 members (excludes halogenated alkanes) is 1. The highest BCUT2D eigenvalue weighted by Crippen LogP contribution is 2.16. The second kappa shape index (κ2) is 6.89. The van der Waals surface area contributed by atoms with Crippen LogP contribution in [0.15, 0.2) is 0 Å². The van der Waals surface area contributed by atoms with Crippen LogP contribution in [0.1, 0.15) is 46.5 Å². The normalized spacial score (nSPS) is 23.9. The highest BCUT2D eigenvalue weighted by molar-refractivity contribution is 5.78. The Balaban J connectivity index is 2.49. The molecular formula is C13H25NO2. The molecule has 2 atom stereocenters.